The van der Waals surface area contributed by atoms with Crippen LogP contribution < -0.4 is 0 Å². The highest BCUT2D eigenvalue weighted by molar-refractivity contribution is 8.13. The van der Waals surface area contributed by atoms with Gasteiger partial charge in [-0.05, 0) is 23.6 Å². The van der Waals surface area contributed by atoms with Gasteiger partial charge in [0.25, 0.3) is 14.2 Å². The molecule has 0 amide bonds. The number of hydrogen-bond acceptors (Lipinski definition) is 5. The predicted molar refractivity (Wildman–Crippen MR) is 74.8 cm³/mol. The average molecular weight is 332 g/mol. The molecule has 3 rings (SSSR count). The van der Waals surface area contributed by atoms with Gasteiger partial charge in [0.15, 0.2) is 5.82 Å². The van der Waals surface area contributed by atoms with Crippen molar-refractivity contribution in [2.45, 2.75) is 5.16 Å². The molecule has 0 atom stereocenters. The zero-order valence-electron chi connectivity index (χ0n) is 10.0. The molecule has 0 N–H and O–H groups in total. The van der Waals surface area contributed by atoms with Crippen LogP contribution in [0.1, 0.15) is 0 Å². The molecule has 3 aromatic rings. The standard InChI is InChI=1S/C11H7ClFN3O2S2/c1-16-10(14-15-11(16)20(12,17)18)9-4-6-2-3-7(13)5-8(6)19-9/h2-5H,1H3. The van der Waals surface area contributed by atoms with Crippen molar-refractivity contribution in [1.82, 2.24) is 14.8 Å². The lowest BCUT2D eigenvalue weighted by atomic mass is 10.2. The van der Waals surface area contributed by atoms with Crippen LogP contribution in [0, 0.1) is 5.82 Å². The molecule has 20 heavy (non-hydrogen) atoms. The normalized spacial score (nSPS) is 12.2. The van der Waals surface area contributed by atoms with Crippen LogP contribution in [0.15, 0.2) is 29.4 Å². The molecule has 5 nitrogen and oxygen atoms in total. The van der Waals surface area contributed by atoms with Crippen LogP contribution in [-0.2, 0) is 16.1 Å². The second-order valence-electron chi connectivity index (χ2n) is 4.10. The quantitative estimate of drug-likeness (QED) is 0.677. The van der Waals surface area contributed by atoms with E-state index < -0.39 is 9.05 Å². The first-order valence-corrected chi connectivity index (χ1v) is 8.52. The molecule has 1 aromatic carbocycles. The van der Waals surface area contributed by atoms with Crippen LogP contribution in [0.25, 0.3) is 20.8 Å². The molecular weight excluding hydrogens is 325 g/mol. The van der Waals surface area contributed by atoms with Crippen LogP contribution in [0.5, 0.6) is 0 Å². The van der Waals surface area contributed by atoms with Gasteiger partial charge in [0.05, 0.1) is 4.88 Å². The van der Waals surface area contributed by atoms with Gasteiger partial charge < -0.3 is 0 Å². The zero-order valence-corrected chi connectivity index (χ0v) is 12.4. The van der Waals surface area contributed by atoms with E-state index in [4.69, 9.17) is 10.7 Å². The largest absolute Gasteiger partial charge is 0.299 e. The highest BCUT2D eigenvalue weighted by Crippen LogP contribution is 2.33. The van der Waals surface area contributed by atoms with Crippen LogP contribution in [0.3, 0.4) is 0 Å². The Morgan fingerprint density at radius 2 is 2.05 bits per heavy atom. The van der Waals surface area contributed by atoms with Gasteiger partial charge in [-0.15, -0.1) is 21.5 Å². The number of halogens is 2. The number of hydrogen-bond donors (Lipinski definition) is 0. The molecule has 0 bridgehead atoms. The molecule has 0 aliphatic carbocycles. The summed E-state index contributed by atoms with van der Waals surface area (Å²) in [4.78, 5) is 0.687. The molecule has 0 aliphatic heterocycles. The number of fused-ring (bicyclic) bond motifs is 1. The van der Waals surface area contributed by atoms with E-state index in [1.165, 1.54) is 35.1 Å². The summed E-state index contributed by atoms with van der Waals surface area (Å²) in [6.07, 6.45) is 0. The first-order valence-electron chi connectivity index (χ1n) is 5.40. The molecule has 0 fully saturated rings. The van der Waals surface area contributed by atoms with Crippen LogP contribution >= 0.6 is 22.0 Å². The van der Waals surface area contributed by atoms with Crippen molar-refractivity contribution in [2.24, 2.45) is 7.05 Å². The summed E-state index contributed by atoms with van der Waals surface area (Å²) in [6.45, 7) is 0. The van der Waals surface area contributed by atoms with E-state index in [9.17, 15) is 12.8 Å². The maximum atomic E-state index is 13.2. The second kappa shape index (κ2) is 4.51. The van der Waals surface area contributed by atoms with Gasteiger partial charge in [-0.1, -0.05) is 6.07 Å². The summed E-state index contributed by atoms with van der Waals surface area (Å²) in [5.41, 5.74) is 0. The Bertz CT molecular complexity index is 917. The van der Waals surface area contributed by atoms with Gasteiger partial charge in [-0.2, -0.15) is 0 Å². The van der Waals surface area contributed by atoms with Crippen molar-refractivity contribution in [3.63, 3.8) is 0 Å². The lowest BCUT2D eigenvalue weighted by molar-refractivity contribution is 0.593. The van der Waals surface area contributed by atoms with Crippen LogP contribution in [0.4, 0.5) is 4.39 Å². The first-order chi connectivity index (χ1) is 9.36. The van der Waals surface area contributed by atoms with E-state index in [0.717, 1.165) is 10.1 Å². The topological polar surface area (TPSA) is 64.8 Å². The van der Waals surface area contributed by atoms with Crippen molar-refractivity contribution in [3.8, 4) is 10.7 Å². The molecule has 0 radical (unpaired) electrons. The summed E-state index contributed by atoms with van der Waals surface area (Å²) in [6, 6.07) is 6.23. The maximum Gasteiger partial charge on any atom is 0.296 e. The molecule has 0 saturated carbocycles. The Kier molecular flexibility index (Phi) is 3.03. The molecule has 9 heteroatoms. The lowest BCUT2D eigenvalue weighted by Gasteiger charge is -1.98. The van der Waals surface area contributed by atoms with E-state index in [0.29, 0.717) is 10.7 Å². The lowest BCUT2D eigenvalue weighted by Crippen LogP contribution is -2.02. The van der Waals surface area contributed by atoms with Crippen LogP contribution in [-0.4, -0.2) is 23.2 Å². The van der Waals surface area contributed by atoms with Gasteiger partial charge in [0.1, 0.15) is 5.82 Å². The SMILES string of the molecule is Cn1c(-c2cc3ccc(F)cc3s2)nnc1S(=O)(=O)Cl. The fraction of sp³-hybridized carbons (Fsp3) is 0.0909. The predicted octanol–water partition coefficient (Wildman–Crippen LogP) is 2.76. The Hall–Kier alpha value is -1.51. The average Bonchev–Trinajstić information content (AvgIpc) is 2.90. The van der Waals surface area contributed by atoms with Gasteiger partial charge in [-0.25, -0.2) is 12.8 Å². The minimum atomic E-state index is -3.95. The van der Waals surface area contributed by atoms with Gasteiger partial charge >= 0.3 is 0 Å². The number of aromatic nitrogens is 3. The molecule has 0 spiro atoms. The van der Waals surface area contributed by atoms with E-state index in [1.54, 1.807) is 12.1 Å². The monoisotopic (exact) mass is 331 g/mol. The molecule has 104 valence electrons. The smallest absolute Gasteiger partial charge is 0.296 e. The zero-order chi connectivity index (χ0) is 14.5. The van der Waals surface area contributed by atoms with Gasteiger partial charge in [-0.3, -0.25) is 4.57 Å². The van der Waals surface area contributed by atoms with E-state index in [-0.39, 0.29) is 11.0 Å². The number of thiophene rings is 1. The summed E-state index contributed by atoms with van der Waals surface area (Å²) in [7, 11) is 2.83. The van der Waals surface area contributed by atoms with Crippen molar-refractivity contribution in [1.29, 1.82) is 0 Å². The third-order valence-corrected chi connectivity index (χ3v) is 5.05. The fourth-order valence-corrected chi connectivity index (χ4v) is 3.92. The van der Waals surface area contributed by atoms with Crippen molar-refractivity contribution >= 4 is 41.2 Å². The first kappa shape index (κ1) is 13.5. The van der Waals surface area contributed by atoms with Crippen molar-refractivity contribution in [3.05, 3.63) is 30.1 Å². The Labute approximate surface area is 122 Å². The van der Waals surface area contributed by atoms with E-state index >= 15 is 0 Å². The van der Waals surface area contributed by atoms with E-state index in [2.05, 4.69) is 10.2 Å². The van der Waals surface area contributed by atoms with Crippen molar-refractivity contribution in [2.75, 3.05) is 0 Å². The molecule has 0 aliphatic rings. The Morgan fingerprint density at radius 1 is 1.30 bits per heavy atom. The Balaban J connectivity index is 2.19. The van der Waals surface area contributed by atoms with Crippen molar-refractivity contribution < 1.29 is 12.8 Å². The van der Waals surface area contributed by atoms with E-state index in [1.807, 2.05) is 0 Å². The Morgan fingerprint density at radius 3 is 2.70 bits per heavy atom. The van der Waals surface area contributed by atoms with Gasteiger partial charge in [0.2, 0.25) is 0 Å². The molecule has 0 saturated heterocycles. The van der Waals surface area contributed by atoms with Gasteiger partial charge in [0, 0.05) is 22.4 Å². The minimum Gasteiger partial charge on any atom is -0.299 e. The third kappa shape index (κ3) is 2.19. The maximum absolute atomic E-state index is 13.2. The molecular formula is C11H7ClFN3O2S2. The summed E-state index contributed by atoms with van der Waals surface area (Å²) < 4.78 is 37.8. The molecule has 2 aromatic heterocycles. The molecule has 0 unspecified atom stereocenters. The fourth-order valence-electron chi connectivity index (χ4n) is 1.86. The number of benzene rings is 1. The second-order valence-corrected chi connectivity index (χ2v) is 7.64. The highest BCUT2D eigenvalue weighted by atomic mass is 35.7. The third-order valence-electron chi connectivity index (χ3n) is 2.76. The number of nitrogens with zero attached hydrogens (tertiary/aromatic N) is 3. The molecule has 2 heterocycles. The summed E-state index contributed by atoms with van der Waals surface area (Å²) >= 11 is 1.30. The summed E-state index contributed by atoms with van der Waals surface area (Å²) in [5, 5.41) is 7.94. The number of rotatable bonds is 2. The highest BCUT2D eigenvalue weighted by Gasteiger charge is 2.21. The minimum absolute atomic E-state index is 0.321. The summed E-state index contributed by atoms with van der Waals surface area (Å²) in [5.74, 6) is 0.0405. The van der Waals surface area contributed by atoms with Crippen LogP contribution in [0.2, 0.25) is 0 Å².